The molecule has 0 spiro atoms. The molecule has 0 aliphatic carbocycles. The first-order chi connectivity index (χ1) is 7.17. The lowest BCUT2D eigenvalue weighted by molar-refractivity contribution is 0.0492. The molecule has 0 aromatic carbocycles. The number of alkyl carbamates (subject to hydrolysis) is 1. The maximum Gasteiger partial charge on any atom is 0.408 e. The maximum atomic E-state index is 11.5. The average molecular weight is 229 g/mol. The molecule has 0 saturated carbocycles. The highest BCUT2D eigenvalue weighted by Gasteiger charge is 2.21. The first kappa shape index (κ1) is 15.0. The van der Waals surface area contributed by atoms with Crippen molar-refractivity contribution < 1.29 is 14.6 Å². The Kier molecular flexibility index (Phi) is 5.51. The van der Waals surface area contributed by atoms with Gasteiger partial charge in [0, 0.05) is 0 Å². The van der Waals surface area contributed by atoms with Crippen LogP contribution in [0, 0.1) is 5.92 Å². The third-order valence-corrected chi connectivity index (χ3v) is 2.06. The minimum absolute atomic E-state index is 0.170. The van der Waals surface area contributed by atoms with Gasteiger partial charge in [0.05, 0.1) is 12.6 Å². The summed E-state index contributed by atoms with van der Waals surface area (Å²) in [6.45, 7) is 13.0. The van der Waals surface area contributed by atoms with Gasteiger partial charge in [0.25, 0.3) is 0 Å². The molecule has 0 heterocycles. The second-order valence-electron chi connectivity index (χ2n) is 5.11. The minimum atomic E-state index is -0.538. The zero-order valence-electron chi connectivity index (χ0n) is 10.8. The van der Waals surface area contributed by atoms with E-state index in [9.17, 15) is 4.79 Å². The molecule has 0 aliphatic rings. The number of hydrogen-bond acceptors (Lipinski definition) is 3. The molecule has 0 aliphatic heterocycles. The third-order valence-electron chi connectivity index (χ3n) is 2.06. The van der Waals surface area contributed by atoms with Crippen LogP contribution in [-0.4, -0.2) is 29.4 Å². The van der Waals surface area contributed by atoms with E-state index in [1.54, 1.807) is 20.8 Å². The number of carbonyl (C=O) groups is 1. The SMILES string of the molecule is C=C(C(C)C)C(CO)NC(=O)OC(C)(C)C. The largest absolute Gasteiger partial charge is 0.444 e. The van der Waals surface area contributed by atoms with E-state index in [4.69, 9.17) is 9.84 Å². The Balaban J connectivity index is 4.34. The second-order valence-corrected chi connectivity index (χ2v) is 5.11. The first-order valence-electron chi connectivity index (χ1n) is 5.46. The van der Waals surface area contributed by atoms with Crippen LogP contribution in [0.5, 0.6) is 0 Å². The zero-order chi connectivity index (χ0) is 12.9. The molecule has 4 heteroatoms. The van der Waals surface area contributed by atoms with E-state index in [1.165, 1.54) is 0 Å². The summed E-state index contributed by atoms with van der Waals surface area (Å²) in [5, 5.41) is 11.8. The Morgan fingerprint density at radius 3 is 2.25 bits per heavy atom. The molecule has 0 rings (SSSR count). The summed E-state index contributed by atoms with van der Waals surface area (Å²) >= 11 is 0. The Morgan fingerprint density at radius 1 is 1.44 bits per heavy atom. The van der Waals surface area contributed by atoms with Gasteiger partial charge in [-0.25, -0.2) is 4.79 Å². The van der Waals surface area contributed by atoms with E-state index in [-0.39, 0.29) is 12.5 Å². The smallest absolute Gasteiger partial charge is 0.408 e. The van der Waals surface area contributed by atoms with Crippen molar-refractivity contribution in [3.63, 3.8) is 0 Å². The molecule has 0 fully saturated rings. The molecule has 0 saturated heterocycles. The maximum absolute atomic E-state index is 11.5. The van der Waals surface area contributed by atoms with Crippen LogP contribution in [0.15, 0.2) is 12.2 Å². The van der Waals surface area contributed by atoms with Gasteiger partial charge in [-0.05, 0) is 26.7 Å². The standard InChI is InChI=1S/C12H23NO3/c1-8(2)9(3)10(7-14)13-11(15)16-12(4,5)6/h8,10,14H,3,7H2,1-2,4-6H3,(H,13,15). The van der Waals surface area contributed by atoms with Gasteiger partial charge in [-0.3, -0.25) is 0 Å². The first-order valence-corrected chi connectivity index (χ1v) is 5.46. The Hall–Kier alpha value is -1.03. The Bertz CT molecular complexity index is 253. The molecule has 1 unspecified atom stereocenters. The second kappa shape index (κ2) is 5.89. The zero-order valence-corrected chi connectivity index (χ0v) is 10.8. The molecule has 0 bridgehead atoms. The van der Waals surface area contributed by atoms with Crippen LogP contribution in [0.2, 0.25) is 0 Å². The minimum Gasteiger partial charge on any atom is -0.444 e. The fourth-order valence-electron chi connectivity index (χ4n) is 1.11. The van der Waals surface area contributed by atoms with Crippen LogP contribution in [-0.2, 0) is 4.74 Å². The van der Waals surface area contributed by atoms with Gasteiger partial charge in [-0.2, -0.15) is 0 Å². The van der Waals surface area contributed by atoms with E-state index in [0.717, 1.165) is 5.57 Å². The van der Waals surface area contributed by atoms with Crippen LogP contribution in [0.3, 0.4) is 0 Å². The molecular weight excluding hydrogens is 206 g/mol. The third kappa shape index (κ3) is 5.75. The number of amides is 1. The van der Waals surface area contributed by atoms with Gasteiger partial charge in [0.1, 0.15) is 5.60 Å². The van der Waals surface area contributed by atoms with Crippen molar-refractivity contribution in [1.82, 2.24) is 5.32 Å². The molecule has 0 aromatic heterocycles. The monoisotopic (exact) mass is 229 g/mol. The van der Waals surface area contributed by atoms with Gasteiger partial charge in [-0.15, -0.1) is 0 Å². The number of aliphatic hydroxyl groups excluding tert-OH is 1. The highest BCUT2D eigenvalue weighted by atomic mass is 16.6. The molecule has 94 valence electrons. The van der Waals surface area contributed by atoms with Crippen molar-refractivity contribution >= 4 is 6.09 Å². The van der Waals surface area contributed by atoms with Crippen LogP contribution in [0.4, 0.5) is 4.79 Å². The van der Waals surface area contributed by atoms with E-state index in [2.05, 4.69) is 11.9 Å². The van der Waals surface area contributed by atoms with Crippen molar-refractivity contribution in [3.8, 4) is 0 Å². The predicted molar refractivity (Wildman–Crippen MR) is 64.2 cm³/mol. The molecule has 2 N–H and O–H groups in total. The molecule has 16 heavy (non-hydrogen) atoms. The van der Waals surface area contributed by atoms with Crippen LogP contribution >= 0.6 is 0 Å². The van der Waals surface area contributed by atoms with E-state index in [0.29, 0.717) is 0 Å². The molecular formula is C12H23NO3. The quantitative estimate of drug-likeness (QED) is 0.726. The normalized spacial score (nSPS) is 13.4. The number of carbonyl (C=O) groups excluding carboxylic acids is 1. The van der Waals surface area contributed by atoms with E-state index >= 15 is 0 Å². The van der Waals surface area contributed by atoms with Crippen molar-refractivity contribution in [2.75, 3.05) is 6.61 Å². The van der Waals surface area contributed by atoms with Crippen molar-refractivity contribution in [2.45, 2.75) is 46.3 Å². The lowest BCUT2D eigenvalue weighted by Crippen LogP contribution is -2.42. The fourth-order valence-corrected chi connectivity index (χ4v) is 1.11. The van der Waals surface area contributed by atoms with E-state index in [1.807, 2.05) is 13.8 Å². The molecule has 0 aromatic rings. The van der Waals surface area contributed by atoms with Crippen molar-refractivity contribution in [1.29, 1.82) is 0 Å². The summed E-state index contributed by atoms with van der Waals surface area (Å²) in [6.07, 6.45) is -0.534. The number of ether oxygens (including phenoxy) is 1. The molecule has 1 amide bonds. The van der Waals surface area contributed by atoms with Crippen LogP contribution in [0.25, 0.3) is 0 Å². The summed E-state index contributed by atoms with van der Waals surface area (Å²) in [7, 11) is 0. The number of hydrogen-bond donors (Lipinski definition) is 2. The average Bonchev–Trinajstić information content (AvgIpc) is 2.09. The molecule has 4 nitrogen and oxygen atoms in total. The topological polar surface area (TPSA) is 58.6 Å². The molecule has 1 atom stereocenters. The number of rotatable bonds is 4. The lowest BCUT2D eigenvalue weighted by Gasteiger charge is -2.25. The summed E-state index contributed by atoms with van der Waals surface area (Å²) in [5.74, 6) is 0.201. The van der Waals surface area contributed by atoms with Crippen molar-refractivity contribution in [3.05, 3.63) is 12.2 Å². The van der Waals surface area contributed by atoms with Crippen LogP contribution in [0.1, 0.15) is 34.6 Å². The van der Waals surface area contributed by atoms with Crippen molar-refractivity contribution in [2.24, 2.45) is 5.92 Å². The van der Waals surface area contributed by atoms with Gasteiger partial charge in [0.2, 0.25) is 0 Å². The predicted octanol–water partition coefficient (Wildman–Crippen LogP) is 2.08. The summed E-state index contributed by atoms with van der Waals surface area (Å²) in [5.41, 5.74) is 0.247. The Labute approximate surface area is 97.7 Å². The summed E-state index contributed by atoms with van der Waals surface area (Å²) in [6, 6.07) is -0.449. The van der Waals surface area contributed by atoms with E-state index < -0.39 is 17.7 Å². The lowest BCUT2D eigenvalue weighted by atomic mass is 9.98. The van der Waals surface area contributed by atoms with Gasteiger partial charge >= 0.3 is 6.09 Å². The molecule has 0 radical (unpaired) electrons. The fraction of sp³-hybridized carbons (Fsp3) is 0.750. The van der Waals surface area contributed by atoms with Gasteiger partial charge in [0.15, 0.2) is 0 Å². The summed E-state index contributed by atoms with van der Waals surface area (Å²) < 4.78 is 5.10. The van der Waals surface area contributed by atoms with Gasteiger partial charge in [-0.1, -0.05) is 26.0 Å². The van der Waals surface area contributed by atoms with Gasteiger partial charge < -0.3 is 15.2 Å². The highest BCUT2D eigenvalue weighted by Crippen LogP contribution is 2.13. The van der Waals surface area contributed by atoms with Crippen LogP contribution < -0.4 is 5.32 Å². The highest BCUT2D eigenvalue weighted by molar-refractivity contribution is 5.68. The Morgan fingerprint density at radius 2 is 1.94 bits per heavy atom. The number of aliphatic hydroxyl groups is 1. The summed E-state index contributed by atoms with van der Waals surface area (Å²) in [4.78, 5) is 11.5. The number of nitrogens with one attached hydrogen (secondary N) is 1.